The molecule has 0 saturated heterocycles. The number of nitrogens with zero attached hydrogens (tertiary/aromatic N) is 6. The molecule has 0 amide bonds. The lowest BCUT2D eigenvalue weighted by molar-refractivity contribution is -0.0590. The standard InChI is InChI=1S/C27H30N6O/c1-22(34)27(32(18-23-10-2-6-14-28-23)19-24-11-3-7-15-29-24)33(20-25-12-4-8-16-30-25)21-26-13-5-9-17-31-26/h2-17,22,27,34H,18-21H2,1H3. The molecule has 1 N–H and O–H groups in total. The van der Waals surface area contributed by atoms with Gasteiger partial charge in [0.05, 0.1) is 35.0 Å². The van der Waals surface area contributed by atoms with Gasteiger partial charge in [0.15, 0.2) is 0 Å². The first-order chi connectivity index (χ1) is 16.7. The molecule has 1 atom stereocenters. The van der Waals surface area contributed by atoms with Gasteiger partial charge in [-0.1, -0.05) is 24.3 Å². The first-order valence-electron chi connectivity index (χ1n) is 11.4. The molecular weight excluding hydrogens is 424 g/mol. The van der Waals surface area contributed by atoms with Crippen LogP contribution in [0.2, 0.25) is 0 Å². The molecule has 174 valence electrons. The third-order valence-corrected chi connectivity index (χ3v) is 5.54. The summed E-state index contributed by atoms with van der Waals surface area (Å²) in [6.07, 6.45) is 6.21. The predicted octanol–water partition coefficient (Wildman–Crippen LogP) is 3.68. The van der Waals surface area contributed by atoms with Gasteiger partial charge < -0.3 is 5.11 Å². The lowest BCUT2D eigenvalue weighted by Crippen LogP contribution is -2.53. The molecule has 0 spiro atoms. The minimum absolute atomic E-state index is 0.326. The van der Waals surface area contributed by atoms with Crippen LogP contribution in [0.25, 0.3) is 0 Å². The molecule has 4 aromatic rings. The van der Waals surface area contributed by atoms with E-state index in [1.54, 1.807) is 24.8 Å². The zero-order chi connectivity index (χ0) is 23.6. The molecule has 0 aromatic carbocycles. The molecule has 4 aromatic heterocycles. The highest BCUT2D eigenvalue weighted by Crippen LogP contribution is 2.21. The number of hydrogen-bond acceptors (Lipinski definition) is 7. The van der Waals surface area contributed by atoms with Crippen LogP contribution >= 0.6 is 0 Å². The molecule has 0 fully saturated rings. The average molecular weight is 455 g/mol. The van der Waals surface area contributed by atoms with Gasteiger partial charge in [0.2, 0.25) is 0 Å². The maximum absolute atomic E-state index is 11.1. The first kappa shape index (κ1) is 23.6. The summed E-state index contributed by atoms with van der Waals surface area (Å²) in [5, 5.41) is 11.1. The summed E-state index contributed by atoms with van der Waals surface area (Å²) in [4.78, 5) is 22.6. The summed E-state index contributed by atoms with van der Waals surface area (Å²) >= 11 is 0. The second-order valence-electron chi connectivity index (χ2n) is 8.25. The molecular formula is C27H30N6O. The molecule has 0 radical (unpaired) electrons. The van der Waals surface area contributed by atoms with Gasteiger partial charge in [0.1, 0.15) is 0 Å². The highest BCUT2D eigenvalue weighted by molar-refractivity contribution is 5.10. The fraction of sp³-hybridized carbons (Fsp3) is 0.259. The van der Waals surface area contributed by atoms with Crippen LogP contribution in [0, 0.1) is 0 Å². The maximum atomic E-state index is 11.1. The number of aliphatic hydroxyl groups is 1. The van der Waals surface area contributed by atoms with E-state index in [0.29, 0.717) is 26.2 Å². The van der Waals surface area contributed by atoms with Crippen molar-refractivity contribution in [3.05, 3.63) is 120 Å². The summed E-state index contributed by atoms with van der Waals surface area (Å²) in [6.45, 7) is 4.09. The zero-order valence-corrected chi connectivity index (χ0v) is 19.4. The Balaban J connectivity index is 1.70. The van der Waals surface area contributed by atoms with E-state index in [9.17, 15) is 5.11 Å². The van der Waals surface area contributed by atoms with E-state index >= 15 is 0 Å². The molecule has 0 aliphatic carbocycles. The second kappa shape index (κ2) is 12.1. The SMILES string of the molecule is CC(O)C(N(Cc1ccccn1)Cc1ccccn1)N(Cc1ccccn1)Cc1ccccn1. The lowest BCUT2D eigenvalue weighted by Gasteiger charge is -2.41. The Kier molecular flexibility index (Phi) is 8.40. The third kappa shape index (κ3) is 6.74. The van der Waals surface area contributed by atoms with Crippen molar-refractivity contribution >= 4 is 0 Å². The van der Waals surface area contributed by atoms with Crippen molar-refractivity contribution in [2.24, 2.45) is 0 Å². The zero-order valence-electron chi connectivity index (χ0n) is 19.4. The van der Waals surface area contributed by atoms with Crippen molar-refractivity contribution in [3.63, 3.8) is 0 Å². The third-order valence-electron chi connectivity index (χ3n) is 5.54. The van der Waals surface area contributed by atoms with Crippen molar-refractivity contribution in [2.45, 2.75) is 45.4 Å². The summed E-state index contributed by atoms with van der Waals surface area (Å²) < 4.78 is 0. The first-order valence-corrected chi connectivity index (χ1v) is 11.4. The monoisotopic (exact) mass is 454 g/mol. The Morgan fingerprint density at radius 1 is 0.559 bits per heavy atom. The van der Waals surface area contributed by atoms with Crippen LogP contribution in [0.15, 0.2) is 97.6 Å². The highest BCUT2D eigenvalue weighted by atomic mass is 16.3. The van der Waals surface area contributed by atoms with E-state index in [1.807, 2.05) is 79.7 Å². The Labute approximate surface area is 200 Å². The average Bonchev–Trinajstić information content (AvgIpc) is 2.86. The Hall–Kier alpha value is -3.52. The smallest absolute Gasteiger partial charge is 0.0901 e. The van der Waals surface area contributed by atoms with Crippen molar-refractivity contribution in [1.29, 1.82) is 0 Å². The van der Waals surface area contributed by atoms with E-state index in [4.69, 9.17) is 0 Å². The minimum Gasteiger partial charge on any atom is -0.390 e. The van der Waals surface area contributed by atoms with Crippen LogP contribution in [0.4, 0.5) is 0 Å². The van der Waals surface area contributed by atoms with Gasteiger partial charge in [-0.15, -0.1) is 0 Å². The van der Waals surface area contributed by atoms with Gasteiger partial charge in [0, 0.05) is 51.0 Å². The molecule has 34 heavy (non-hydrogen) atoms. The molecule has 0 bridgehead atoms. The molecule has 4 heterocycles. The maximum Gasteiger partial charge on any atom is 0.0901 e. The van der Waals surface area contributed by atoms with Crippen LogP contribution < -0.4 is 0 Å². The van der Waals surface area contributed by atoms with Crippen molar-refractivity contribution < 1.29 is 5.11 Å². The fourth-order valence-corrected chi connectivity index (χ4v) is 4.13. The molecule has 7 heteroatoms. The largest absolute Gasteiger partial charge is 0.390 e. The van der Waals surface area contributed by atoms with Crippen LogP contribution in [0.3, 0.4) is 0 Å². The van der Waals surface area contributed by atoms with Gasteiger partial charge >= 0.3 is 0 Å². The topological polar surface area (TPSA) is 78.3 Å². The number of aromatic nitrogens is 4. The van der Waals surface area contributed by atoms with Crippen molar-refractivity contribution in [1.82, 2.24) is 29.7 Å². The fourth-order valence-electron chi connectivity index (χ4n) is 4.13. The van der Waals surface area contributed by atoms with E-state index in [-0.39, 0.29) is 6.17 Å². The second-order valence-corrected chi connectivity index (χ2v) is 8.25. The van der Waals surface area contributed by atoms with Crippen LogP contribution in [-0.4, -0.2) is 47.1 Å². The van der Waals surface area contributed by atoms with E-state index < -0.39 is 6.10 Å². The molecule has 0 aliphatic heterocycles. The van der Waals surface area contributed by atoms with Crippen molar-refractivity contribution in [3.8, 4) is 0 Å². The number of hydrogen-bond donors (Lipinski definition) is 1. The molecule has 0 saturated carbocycles. The van der Waals surface area contributed by atoms with Crippen LogP contribution in [0.1, 0.15) is 29.7 Å². The van der Waals surface area contributed by atoms with Gasteiger partial charge in [-0.2, -0.15) is 0 Å². The summed E-state index contributed by atoms with van der Waals surface area (Å²) in [5.74, 6) is 0. The Morgan fingerprint density at radius 3 is 1.06 bits per heavy atom. The quantitative estimate of drug-likeness (QED) is 0.346. The lowest BCUT2D eigenvalue weighted by atomic mass is 10.1. The normalized spacial score (nSPS) is 12.4. The highest BCUT2D eigenvalue weighted by Gasteiger charge is 2.31. The van der Waals surface area contributed by atoms with Crippen molar-refractivity contribution in [2.75, 3.05) is 0 Å². The van der Waals surface area contributed by atoms with Gasteiger partial charge in [-0.3, -0.25) is 29.7 Å². The van der Waals surface area contributed by atoms with Gasteiger partial charge in [-0.25, -0.2) is 0 Å². The van der Waals surface area contributed by atoms with E-state index in [0.717, 1.165) is 22.8 Å². The molecule has 1 unspecified atom stereocenters. The predicted molar refractivity (Wildman–Crippen MR) is 131 cm³/mol. The summed E-state index contributed by atoms with van der Waals surface area (Å²) in [7, 11) is 0. The van der Waals surface area contributed by atoms with Gasteiger partial charge in [-0.05, 0) is 55.5 Å². The summed E-state index contributed by atoms with van der Waals surface area (Å²) in [6, 6.07) is 23.6. The van der Waals surface area contributed by atoms with E-state index in [2.05, 4.69) is 29.7 Å². The Morgan fingerprint density at radius 2 is 0.853 bits per heavy atom. The van der Waals surface area contributed by atoms with E-state index in [1.165, 1.54) is 0 Å². The van der Waals surface area contributed by atoms with Gasteiger partial charge in [0.25, 0.3) is 0 Å². The molecule has 4 rings (SSSR count). The Bertz CT molecular complexity index is 927. The number of pyridine rings is 4. The van der Waals surface area contributed by atoms with Crippen LogP contribution in [-0.2, 0) is 26.2 Å². The molecule has 0 aliphatic rings. The minimum atomic E-state index is -0.653. The number of aliphatic hydroxyl groups excluding tert-OH is 1. The summed E-state index contributed by atoms with van der Waals surface area (Å²) in [5.41, 5.74) is 3.72. The van der Waals surface area contributed by atoms with Crippen LogP contribution in [0.5, 0.6) is 0 Å². The number of rotatable bonds is 11. The molecule has 7 nitrogen and oxygen atoms in total.